The molecule has 2 aromatic heterocycles. The van der Waals surface area contributed by atoms with Gasteiger partial charge in [0.05, 0.1) is 24.6 Å². The first-order chi connectivity index (χ1) is 18.5. The molecule has 3 heterocycles. The third-order valence-corrected chi connectivity index (χ3v) is 7.57. The number of halogens is 1. The van der Waals surface area contributed by atoms with Crippen LogP contribution in [-0.2, 0) is 6.54 Å². The molecule has 1 saturated heterocycles. The number of carbonyl (C=O) groups excluding carboxylic acids is 1. The summed E-state index contributed by atoms with van der Waals surface area (Å²) in [6, 6.07) is 21.2. The van der Waals surface area contributed by atoms with Gasteiger partial charge in [-0.15, -0.1) is 0 Å². The van der Waals surface area contributed by atoms with Gasteiger partial charge in [-0.1, -0.05) is 60.7 Å². The Morgan fingerprint density at radius 2 is 1.66 bits per heavy atom. The number of likely N-dealkylation sites (N-methyl/N-ethyl adjacent to an activating group) is 1. The molecular weight excluding hydrogens is 477 g/mol. The molecule has 0 radical (unpaired) electrons. The van der Waals surface area contributed by atoms with E-state index in [1.54, 1.807) is 24.7 Å². The highest BCUT2D eigenvalue weighted by Gasteiger charge is 2.28. The van der Waals surface area contributed by atoms with Crippen LogP contribution in [0.4, 0.5) is 4.39 Å². The van der Waals surface area contributed by atoms with Crippen LogP contribution in [0.3, 0.4) is 0 Å². The van der Waals surface area contributed by atoms with E-state index in [4.69, 9.17) is 0 Å². The van der Waals surface area contributed by atoms with Crippen molar-refractivity contribution in [3.63, 3.8) is 0 Å². The van der Waals surface area contributed by atoms with Crippen LogP contribution in [0.1, 0.15) is 21.6 Å². The van der Waals surface area contributed by atoms with Gasteiger partial charge in [-0.25, -0.2) is 9.37 Å². The topological polar surface area (TPSA) is 46.3 Å². The van der Waals surface area contributed by atoms with Crippen molar-refractivity contribution in [2.24, 2.45) is 0 Å². The number of fused-ring (bicyclic) bond motifs is 1. The van der Waals surface area contributed by atoms with Crippen molar-refractivity contribution in [2.45, 2.75) is 13.5 Å². The Hall–Kier alpha value is -4.23. The van der Waals surface area contributed by atoms with Gasteiger partial charge in [0.1, 0.15) is 11.6 Å². The molecule has 7 heteroatoms. The second kappa shape index (κ2) is 9.91. The molecule has 38 heavy (non-hydrogen) atoms. The van der Waals surface area contributed by atoms with Crippen molar-refractivity contribution >= 4 is 16.7 Å². The van der Waals surface area contributed by atoms with E-state index in [1.807, 2.05) is 51.4 Å². The van der Waals surface area contributed by atoms with Crippen LogP contribution in [-0.4, -0.2) is 63.1 Å². The summed E-state index contributed by atoms with van der Waals surface area (Å²) in [4.78, 5) is 22.7. The molecule has 1 aliphatic heterocycles. The molecule has 0 unspecified atom stereocenters. The number of aromatic nitrogens is 3. The average Bonchev–Trinajstić information content (AvgIpc) is 3.53. The second-order valence-electron chi connectivity index (χ2n) is 9.97. The minimum Gasteiger partial charge on any atom is -0.336 e. The summed E-state index contributed by atoms with van der Waals surface area (Å²) < 4.78 is 18.4. The molecule has 0 saturated carbocycles. The third kappa shape index (κ3) is 4.29. The predicted molar refractivity (Wildman–Crippen MR) is 148 cm³/mol. The highest BCUT2D eigenvalue weighted by molar-refractivity contribution is 6.07. The minimum atomic E-state index is -0.251. The van der Waals surface area contributed by atoms with E-state index in [0.29, 0.717) is 30.8 Å². The molecular formula is C31H30FN5O. The van der Waals surface area contributed by atoms with Crippen LogP contribution < -0.4 is 0 Å². The van der Waals surface area contributed by atoms with E-state index in [9.17, 15) is 9.18 Å². The molecule has 1 aliphatic rings. The molecule has 1 amide bonds. The number of hydrogen-bond donors (Lipinski definition) is 0. The van der Waals surface area contributed by atoms with Gasteiger partial charge in [0.15, 0.2) is 0 Å². The van der Waals surface area contributed by atoms with Gasteiger partial charge in [0, 0.05) is 49.2 Å². The zero-order valence-corrected chi connectivity index (χ0v) is 21.6. The highest BCUT2D eigenvalue weighted by atomic mass is 19.1. The quantitative estimate of drug-likeness (QED) is 0.321. The Balaban J connectivity index is 1.50. The minimum absolute atomic E-state index is 0.0393. The molecule has 0 aliphatic carbocycles. The number of carbonyl (C=O) groups is 1. The number of hydrogen-bond acceptors (Lipinski definition) is 3. The number of imidazole rings is 1. The normalized spacial score (nSPS) is 14.3. The Bertz CT molecular complexity index is 1620. The lowest BCUT2D eigenvalue weighted by Crippen LogP contribution is -2.47. The fraction of sp³-hybridized carbons (Fsp3) is 0.226. The Morgan fingerprint density at radius 3 is 2.47 bits per heavy atom. The summed E-state index contributed by atoms with van der Waals surface area (Å²) >= 11 is 0. The van der Waals surface area contributed by atoms with Crippen molar-refractivity contribution in [3.05, 3.63) is 108 Å². The van der Waals surface area contributed by atoms with Gasteiger partial charge in [0.2, 0.25) is 0 Å². The maximum absolute atomic E-state index is 14.5. The fourth-order valence-corrected chi connectivity index (χ4v) is 5.39. The molecule has 3 aromatic carbocycles. The first-order valence-corrected chi connectivity index (χ1v) is 12.9. The summed E-state index contributed by atoms with van der Waals surface area (Å²) in [6.07, 6.45) is 5.51. The van der Waals surface area contributed by atoms with Gasteiger partial charge >= 0.3 is 0 Å². The number of amides is 1. The first-order valence-electron chi connectivity index (χ1n) is 12.9. The highest BCUT2D eigenvalue weighted by Crippen LogP contribution is 2.36. The summed E-state index contributed by atoms with van der Waals surface area (Å²) in [7, 11) is 2.09. The van der Waals surface area contributed by atoms with E-state index >= 15 is 0 Å². The third-order valence-electron chi connectivity index (χ3n) is 7.57. The van der Waals surface area contributed by atoms with Gasteiger partial charge < -0.3 is 18.9 Å². The lowest BCUT2D eigenvalue weighted by Gasteiger charge is -2.32. The van der Waals surface area contributed by atoms with E-state index < -0.39 is 0 Å². The maximum Gasteiger partial charge on any atom is 0.256 e. The van der Waals surface area contributed by atoms with E-state index in [-0.39, 0.29) is 11.7 Å². The zero-order valence-electron chi connectivity index (χ0n) is 21.6. The molecule has 1 fully saturated rings. The van der Waals surface area contributed by atoms with Crippen LogP contribution in [0.5, 0.6) is 0 Å². The second-order valence-corrected chi connectivity index (χ2v) is 9.97. The van der Waals surface area contributed by atoms with Gasteiger partial charge in [-0.3, -0.25) is 4.79 Å². The van der Waals surface area contributed by atoms with Crippen molar-refractivity contribution < 1.29 is 9.18 Å². The Morgan fingerprint density at radius 1 is 0.921 bits per heavy atom. The molecule has 6 nitrogen and oxygen atoms in total. The predicted octanol–water partition coefficient (Wildman–Crippen LogP) is 5.38. The monoisotopic (exact) mass is 507 g/mol. The van der Waals surface area contributed by atoms with Crippen molar-refractivity contribution in [2.75, 3.05) is 33.2 Å². The van der Waals surface area contributed by atoms with Crippen molar-refractivity contribution in [1.82, 2.24) is 23.9 Å². The molecule has 0 N–H and O–H groups in total. The van der Waals surface area contributed by atoms with Gasteiger partial charge in [0.25, 0.3) is 5.91 Å². The standard InChI is InChI=1S/C31H30FN5O/c1-22-30(31(38)35-16-14-34(2)15-17-35)27(26-12-7-10-23-8-3-5-11-25(23)26)20-37(22)29-18-33-21-36(29)19-24-9-4-6-13-28(24)32/h3-13,18,20-21H,14-17,19H2,1-2H3. The average molecular weight is 508 g/mol. The summed E-state index contributed by atoms with van der Waals surface area (Å²) in [6.45, 7) is 5.42. The largest absolute Gasteiger partial charge is 0.336 e. The molecule has 0 spiro atoms. The molecule has 0 atom stereocenters. The number of nitrogens with zero attached hydrogens (tertiary/aromatic N) is 5. The number of benzene rings is 3. The van der Waals surface area contributed by atoms with Crippen LogP contribution in [0.15, 0.2) is 85.5 Å². The molecule has 6 rings (SSSR count). The van der Waals surface area contributed by atoms with Crippen LogP contribution in [0, 0.1) is 12.7 Å². The maximum atomic E-state index is 14.5. The van der Waals surface area contributed by atoms with Gasteiger partial charge in [-0.05, 0) is 36.4 Å². The number of piperazine rings is 1. The smallest absolute Gasteiger partial charge is 0.256 e. The van der Waals surface area contributed by atoms with Crippen LogP contribution in [0.2, 0.25) is 0 Å². The molecule has 0 bridgehead atoms. The molecule has 192 valence electrons. The lowest BCUT2D eigenvalue weighted by atomic mass is 9.96. The summed E-state index contributed by atoms with van der Waals surface area (Å²) in [5.41, 5.74) is 4.03. The summed E-state index contributed by atoms with van der Waals surface area (Å²) in [5.74, 6) is 0.570. The van der Waals surface area contributed by atoms with Crippen LogP contribution >= 0.6 is 0 Å². The van der Waals surface area contributed by atoms with Gasteiger partial charge in [-0.2, -0.15) is 0 Å². The van der Waals surface area contributed by atoms with Crippen molar-refractivity contribution in [3.8, 4) is 16.9 Å². The van der Waals surface area contributed by atoms with E-state index in [1.165, 1.54) is 6.07 Å². The SMILES string of the molecule is Cc1c(C(=O)N2CCN(C)CC2)c(-c2cccc3ccccc23)cn1-c1cncn1Cc1ccccc1F. The lowest BCUT2D eigenvalue weighted by molar-refractivity contribution is 0.0664. The fourth-order valence-electron chi connectivity index (χ4n) is 5.39. The van der Waals surface area contributed by atoms with Crippen LogP contribution in [0.25, 0.3) is 27.7 Å². The van der Waals surface area contributed by atoms with E-state index in [2.05, 4.69) is 41.2 Å². The number of rotatable bonds is 5. The Labute approximate surface area is 221 Å². The van der Waals surface area contributed by atoms with E-state index in [0.717, 1.165) is 46.5 Å². The first kappa shape index (κ1) is 24.1. The Kier molecular flexibility index (Phi) is 6.29. The summed E-state index contributed by atoms with van der Waals surface area (Å²) in [5, 5.41) is 2.22. The van der Waals surface area contributed by atoms with Crippen molar-refractivity contribution in [1.29, 1.82) is 0 Å². The molecule has 5 aromatic rings. The zero-order chi connectivity index (χ0) is 26.2.